The van der Waals surface area contributed by atoms with Gasteiger partial charge in [0.2, 0.25) is 0 Å². The number of hydrogen-bond donors (Lipinski definition) is 5. The van der Waals surface area contributed by atoms with Crippen LogP contribution in [0.25, 0.3) is 0 Å². The van der Waals surface area contributed by atoms with Crippen LogP contribution in [-0.2, 0) is 22.7 Å². The zero-order valence-corrected chi connectivity index (χ0v) is 16.8. The molecule has 2 rings (SSSR count). The van der Waals surface area contributed by atoms with Gasteiger partial charge in [0.25, 0.3) is 0 Å². The van der Waals surface area contributed by atoms with E-state index in [-0.39, 0.29) is 29.6 Å². The molecule has 17 heteroatoms. The average molecular weight is 426 g/mol. The van der Waals surface area contributed by atoms with Gasteiger partial charge < -0.3 is 34.7 Å². The SMILES string of the molecule is O=c1nc([O-])ccn1[C@@H]1O[C@H](COP(=O)(O)OP(=O)(O)O)[C@@H](O)[C@H]1O.[Na+]. The maximum atomic E-state index is 11.6. The van der Waals surface area contributed by atoms with Gasteiger partial charge in [-0.3, -0.25) is 9.09 Å². The molecule has 5 N–H and O–H groups in total. The van der Waals surface area contributed by atoms with Crippen LogP contribution in [0.4, 0.5) is 0 Å². The molecule has 1 unspecified atom stereocenters. The van der Waals surface area contributed by atoms with Crippen molar-refractivity contribution in [1.82, 2.24) is 9.55 Å². The van der Waals surface area contributed by atoms with Crippen LogP contribution in [0.15, 0.2) is 17.1 Å². The Balaban J connectivity index is 0.00000338. The number of hydrogen-bond acceptors (Lipinski definition) is 10. The van der Waals surface area contributed by atoms with Crippen molar-refractivity contribution < 1.29 is 82.3 Å². The molecule has 1 aliphatic rings. The largest absolute Gasteiger partial charge is 1.00 e. The fraction of sp³-hybridized carbons (Fsp3) is 0.556. The molecule has 1 aromatic rings. The zero-order chi connectivity index (χ0) is 19.0. The maximum Gasteiger partial charge on any atom is 1.00 e. The first-order chi connectivity index (χ1) is 11.4. The third kappa shape index (κ3) is 6.17. The Morgan fingerprint density at radius 1 is 1.27 bits per heavy atom. The van der Waals surface area contributed by atoms with Crippen molar-refractivity contribution in [2.75, 3.05) is 6.61 Å². The Morgan fingerprint density at radius 2 is 1.88 bits per heavy atom. The van der Waals surface area contributed by atoms with E-state index in [1.54, 1.807) is 0 Å². The van der Waals surface area contributed by atoms with Gasteiger partial charge in [0.05, 0.1) is 6.61 Å². The number of aromatic nitrogens is 2. The quantitative estimate of drug-likeness (QED) is 0.212. The summed E-state index contributed by atoms with van der Waals surface area (Å²) in [6.45, 7) is -0.912. The monoisotopic (exact) mass is 426 g/mol. The molecule has 5 atom stereocenters. The van der Waals surface area contributed by atoms with Crippen molar-refractivity contribution in [2.45, 2.75) is 24.5 Å². The van der Waals surface area contributed by atoms with Gasteiger partial charge in [-0.2, -0.15) is 4.31 Å². The van der Waals surface area contributed by atoms with Crippen molar-refractivity contribution in [3.05, 3.63) is 22.7 Å². The number of phosphoric acid groups is 2. The first kappa shape index (κ1) is 23.9. The van der Waals surface area contributed by atoms with Crippen LogP contribution in [0.2, 0.25) is 0 Å². The van der Waals surface area contributed by atoms with E-state index < -0.39 is 58.4 Å². The summed E-state index contributed by atoms with van der Waals surface area (Å²) in [7, 11) is -10.5. The van der Waals surface area contributed by atoms with Crippen LogP contribution in [0.3, 0.4) is 0 Å². The Bertz CT molecular complexity index is 782. The van der Waals surface area contributed by atoms with E-state index in [4.69, 9.17) is 19.4 Å². The average Bonchev–Trinajstić information content (AvgIpc) is 2.71. The summed E-state index contributed by atoms with van der Waals surface area (Å²) in [5.41, 5.74) is -1.07. The molecule has 0 aliphatic carbocycles. The van der Waals surface area contributed by atoms with Gasteiger partial charge >= 0.3 is 50.9 Å². The molecule has 0 spiro atoms. The van der Waals surface area contributed by atoms with Crippen molar-refractivity contribution in [2.24, 2.45) is 0 Å². The second-order valence-electron chi connectivity index (χ2n) is 4.84. The topological polar surface area (TPSA) is 221 Å². The van der Waals surface area contributed by atoms with Crippen molar-refractivity contribution in [3.63, 3.8) is 0 Å². The van der Waals surface area contributed by atoms with Gasteiger partial charge in [0.1, 0.15) is 18.3 Å². The van der Waals surface area contributed by atoms with Gasteiger partial charge in [0, 0.05) is 6.20 Å². The molecular weight excluding hydrogens is 413 g/mol. The van der Waals surface area contributed by atoms with Gasteiger partial charge in [-0.1, -0.05) is 0 Å². The van der Waals surface area contributed by atoms with E-state index in [9.17, 15) is 29.2 Å². The summed E-state index contributed by atoms with van der Waals surface area (Å²) in [5, 5.41) is 30.7. The van der Waals surface area contributed by atoms with Crippen LogP contribution in [0.1, 0.15) is 6.23 Å². The van der Waals surface area contributed by atoms with Crippen LogP contribution in [0.5, 0.6) is 5.88 Å². The van der Waals surface area contributed by atoms with Crippen molar-refractivity contribution in [3.8, 4) is 5.88 Å². The van der Waals surface area contributed by atoms with Crippen LogP contribution < -0.4 is 40.4 Å². The summed E-state index contributed by atoms with van der Waals surface area (Å²) in [6.07, 6.45) is -5.36. The Morgan fingerprint density at radius 3 is 2.42 bits per heavy atom. The summed E-state index contributed by atoms with van der Waals surface area (Å²) < 4.78 is 35.5. The number of aliphatic hydroxyl groups excluding tert-OH is 2. The number of ether oxygens (including phenoxy) is 1. The van der Waals surface area contributed by atoms with Gasteiger partial charge in [-0.25, -0.2) is 18.9 Å². The van der Waals surface area contributed by atoms with Gasteiger partial charge in [-0.15, -0.1) is 0 Å². The fourth-order valence-corrected chi connectivity index (χ4v) is 3.61. The second kappa shape index (κ2) is 8.88. The van der Waals surface area contributed by atoms with E-state index in [0.29, 0.717) is 4.57 Å². The Hall–Kier alpha value is -0.180. The molecule has 2 heterocycles. The zero-order valence-electron chi connectivity index (χ0n) is 13.1. The third-order valence-electron chi connectivity index (χ3n) is 3.03. The van der Waals surface area contributed by atoms with E-state index in [2.05, 4.69) is 13.8 Å². The molecule has 1 fully saturated rings. The molecule has 14 nitrogen and oxygen atoms in total. The number of rotatable bonds is 6. The first-order valence-corrected chi connectivity index (χ1v) is 9.44. The molecule has 1 aromatic heterocycles. The Kier molecular flexibility index (Phi) is 8.15. The summed E-state index contributed by atoms with van der Waals surface area (Å²) in [4.78, 5) is 40.8. The molecule has 142 valence electrons. The predicted molar refractivity (Wildman–Crippen MR) is 72.8 cm³/mol. The minimum atomic E-state index is -5.32. The van der Waals surface area contributed by atoms with Gasteiger partial charge in [0.15, 0.2) is 6.23 Å². The second-order valence-corrected chi connectivity index (χ2v) is 7.67. The molecule has 0 saturated carbocycles. The number of phosphoric ester groups is 1. The smallest absolute Gasteiger partial charge is 0.858 e. The molecule has 0 bridgehead atoms. The molecule has 0 aromatic carbocycles. The summed E-state index contributed by atoms with van der Waals surface area (Å²) in [6, 6.07) is 0.906. The predicted octanol–water partition coefficient (Wildman–Crippen LogP) is -5.83. The van der Waals surface area contributed by atoms with E-state index in [1.165, 1.54) is 0 Å². The fourth-order valence-electron chi connectivity index (χ4n) is 2.01. The normalized spacial score (nSPS) is 28.3. The van der Waals surface area contributed by atoms with E-state index >= 15 is 0 Å². The number of aliphatic hydroxyl groups is 2. The molecule has 1 aliphatic heterocycles. The van der Waals surface area contributed by atoms with E-state index in [0.717, 1.165) is 12.3 Å². The standard InChI is InChI=1S/C9H14N2O12P2.Na/c12-5-1-2-11(9(15)10-5)8-7(14)6(13)4(22-8)3-21-25(19,20)23-24(16,17)18;/h1-2,4,6-8,13-14H,3H2,(H,19,20)(H,10,12,15)(H2,16,17,18);/q;+1/p-1/t4-,6-,7-,8-;/m1./s1. The van der Waals surface area contributed by atoms with E-state index in [1.807, 2.05) is 0 Å². The molecule has 26 heavy (non-hydrogen) atoms. The minimum absolute atomic E-state index is 0. The summed E-state index contributed by atoms with van der Waals surface area (Å²) >= 11 is 0. The summed E-state index contributed by atoms with van der Waals surface area (Å²) in [5.74, 6) is -0.829. The Labute approximate surface area is 167 Å². The third-order valence-corrected chi connectivity index (χ3v) is 5.18. The van der Waals surface area contributed by atoms with Gasteiger partial charge in [-0.05, 0) is 11.9 Å². The van der Waals surface area contributed by atoms with Crippen LogP contribution in [-0.4, -0.2) is 59.4 Å². The minimum Gasteiger partial charge on any atom is -0.858 e. The molecule has 1 saturated heterocycles. The molecule has 0 amide bonds. The van der Waals surface area contributed by atoms with Crippen LogP contribution in [0, 0.1) is 0 Å². The molecule has 0 radical (unpaired) electrons. The number of nitrogens with zero attached hydrogens (tertiary/aromatic N) is 2. The van der Waals surface area contributed by atoms with Crippen molar-refractivity contribution in [1.29, 1.82) is 0 Å². The van der Waals surface area contributed by atoms with Crippen molar-refractivity contribution >= 4 is 15.6 Å². The molecular formula is C9H13N2NaO12P2. The van der Waals surface area contributed by atoms with Crippen LogP contribution >= 0.6 is 15.6 Å². The first-order valence-electron chi connectivity index (χ1n) is 6.42. The maximum absolute atomic E-state index is 11.6.